The topological polar surface area (TPSA) is 37.8 Å². The van der Waals surface area contributed by atoms with E-state index in [1.54, 1.807) is 11.3 Å². The number of rotatable bonds is 4. The van der Waals surface area contributed by atoms with Crippen LogP contribution in [-0.2, 0) is 0 Å². The van der Waals surface area contributed by atoms with Crippen LogP contribution in [-0.4, -0.2) is 16.5 Å². The van der Waals surface area contributed by atoms with Gasteiger partial charge in [-0.2, -0.15) is 0 Å². The Bertz CT molecular complexity index is 543. The molecule has 0 spiro atoms. The zero-order valence-corrected chi connectivity index (χ0v) is 11.1. The van der Waals surface area contributed by atoms with Gasteiger partial charge in [-0.1, -0.05) is 6.92 Å². The molecule has 0 aromatic carbocycles. The maximum absolute atomic E-state index is 4.70. The van der Waals surface area contributed by atoms with Crippen molar-refractivity contribution in [1.82, 2.24) is 9.97 Å². The van der Waals surface area contributed by atoms with Crippen molar-refractivity contribution >= 4 is 27.4 Å². The van der Waals surface area contributed by atoms with Crippen LogP contribution in [0, 0.1) is 6.92 Å². The van der Waals surface area contributed by atoms with E-state index in [1.807, 2.05) is 0 Å². The predicted molar refractivity (Wildman–Crippen MR) is 72.9 cm³/mol. The second-order valence-electron chi connectivity index (χ2n) is 4.71. The van der Waals surface area contributed by atoms with Crippen LogP contribution >= 0.6 is 11.3 Å². The summed E-state index contributed by atoms with van der Waals surface area (Å²) in [4.78, 5) is 11.8. The van der Waals surface area contributed by atoms with Gasteiger partial charge >= 0.3 is 0 Å². The van der Waals surface area contributed by atoms with E-state index in [9.17, 15) is 0 Å². The van der Waals surface area contributed by atoms with Crippen LogP contribution in [0.3, 0.4) is 0 Å². The molecule has 2 heterocycles. The van der Waals surface area contributed by atoms with Crippen molar-refractivity contribution in [2.24, 2.45) is 0 Å². The summed E-state index contributed by atoms with van der Waals surface area (Å²) in [5.74, 6) is 2.69. The van der Waals surface area contributed by atoms with Crippen LogP contribution in [0.5, 0.6) is 0 Å². The van der Waals surface area contributed by atoms with Crippen LogP contribution in [0.2, 0.25) is 0 Å². The Hall–Kier alpha value is -1.16. The Labute approximate surface area is 105 Å². The lowest BCUT2D eigenvalue weighted by molar-refractivity contribution is 0.927. The van der Waals surface area contributed by atoms with Crippen molar-refractivity contribution in [1.29, 1.82) is 0 Å². The van der Waals surface area contributed by atoms with E-state index in [-0.39, 0.29) is 0 Å². The summed E-state index contributed by atoms with van der Waals surface area (Å²) >= 11 is 1.77. The first-order valence-electron chi connectivity index (χ1n) is 6.30. The van der Waals surface area contributed by atoms with Crippen molar-refractivity contribution < 1.29 is 0 Å². The van der Waals surface area contributed by atoms with Gasteiger partial charge in [0.2, 0.25) is 0 Å². The van der Waals surface area contributed by atoms with E-state index in [4.69, 9.17) is 9.97 Å². The fraction of sp³-hybridized carbons (Fsp3) is 0.538. The molecule has 17 heavy (non-hydrogen) atoms. The number of thiophene rings is 1. The maximum Gasteiger partial charge on any atom is 0.138 e. The summed E-state index contributed by atoms with van der Waals surface area (Å²) < 4.78 is 0. The third-order valence-electron chi connectivity index (χ3n) is 3.02. The largest absolute Gasteiger partial charge is 0.369 e. The summed E-state index contributed by atoms with van der Waals surface area (Å²) in [5, 5.41) is 4.61. The Kier molecular flexibility index (Phi) is 2.74. The third-order valence-corrected chi connectivity index (χ3v) is 3.96. The molecule has 1 aliphatic rings. The zero-order valence-electron chi connectivity index (χ0n) is 10.3. The lowest BCUT2D eigenvalue weighted by Crippen LogP contribution is -2.04. The van der Waals surface area contributed by atoms with E-state index >= 15 is 0 Å². The first-order valence-corrected chi connectivity index (χ1v) is 7.11. The molecule has 2 aromatic heterocycles. The van der Waals surface area contributed by atoms with Gasteiger partial charge in [-0.3, -0.25) is 0 Å². The molecule has 0 radical (unpaired) electrons. The molecule has 0 atom stereocenters. The van der Waals surface area contributed by atoms with Crippen LogP contribution in [0.15, 0.2) is 6.07 Å². The third kappa shape index (κ3) is 2.14. The molecule has 90 valence electrons. The number of hydrogen-bond donors (Lipinski definition) is 1. The fourth-order valence-electron chi connectivity index (χ4n) is 1.96. The highest BCUT2D eigenvalue weighted by Crippen LogP contribution is 2.40. The molecule has 0 aliphatic heterocycles. The second kappa shape index (κ2) is 4.26. The van der Waals surface area contributed by atoms with Crippen LogP contribution in [0.4, 0.5) is 5.82 Å². The Morgan fingerprint density at radius 3 is 2.94 bits per heavy atom. The average Bonchev–Trinajstić information content (AvgIpc) is 3.08. The van der Waals surface area contributed by atoms with Crippen molar-refractivity contribution in [2.45, 2.75) is 39.0 Å². The minimum Gasteiger partial charge on any atom is -0.369 e. The minimum atomic E-state index is 0.615. The van der Waals surface area contributed by atoms with Gasteiger partial charge in [-0.15, -0.1) is 11.3 Å². The van der Waals surface area contributed by atoms with Crippen molar-refractivity contribution in [2.75, 3.05) is 11.9 Å². The summed E-state index contributed by atoms with van der Waals surface area (Å²) in [7, 11) is 0. The number of aryl methyl sites for hydroxylation is 1. The highest BCUT2D eigenvalue weighted by Gasteiger charge is 2.27. The number of fused-ring (bicyclic) bond motifs is 1. The standard InChI is InChI=1S/C13H17N3S/c1-3-6-14-12-10-7-8(2)17-13(10)16-11(15-12)9-4-5-9/h7,9H,3-6H2,1-2H3,(H,14,15,16). The summed E-state index contributed by atoms with van der Waals surface area (Å²) in [6.45, 7) is 5.28. The predicted octanol–water partition coefficient (Wildman–Crippen LogP) is 3.70. The van der Waals surface area contributed by atoms with Crippen molar-refractivity contribution in [3.63, 3.8) is 0 Å². The first kappa shape index (κ1) is 11.0. The number of nitrogens with zero attached hydrogens (tertiary/aromatic N) is 2. The molecule has 0 amide bonds. The molecule has 0 bridgehead atoms. The quantitative estimate of drug-likeness (QED) is 0.895. The second-order valence-corrected chi connectivity index (χ2v) is 5.94. The molecule has 1 N–H and O–H groups in total. The van der Waals surface area contributed by atoms with E-state index in [1.165, 1.54) is 23.1 Å². The van der Waals surface area contributed by atoms with Gasteiger partial charge in [0.25, 0.3) is 0 Å². The van der Waals surface area contributed by atoms with Crippen LogP contribution in [0.1, 0.15) is 42.8 Å². The highest BCUT2D eigenvalue weighted by atomic mass is 32.1. The Balaban J connectivity index is 2.07. The summed E-state index contributed by atoms with van der Waals surface area (Å²) in [6, 6.07) is 2.19. The summed E-state index contributed by atoms with van der Waals surface area (Å²) in [6.07, 6.45) is 3.62. The van der Waals surface area contributed by atoms with E-state index in [0.29, 0.717) is 5.92 Å². The van der Waals surface area contributed by atoms with E-state index in [2.05, 4.69) is 25.2 Å². The molecule has 4 heteroatoms. The van der Waals surface area contributed by atoms with Crippen LogP contribution in [0.25, 0.3) is 10.2 Å². The van der Waals surface area contributed by atoms with Gasteiger partial charge in [-0.05, 0) is 32.3 Å². The van der Waals surface area contributed by atoms with E-state index in [0.717, 1.165) is 29.4 Å². The molecule has 3 rings (SSSR count). The lowest BCUT2D eigenvalue weighted by Gasteiger charge is -2.07. The first-order chi connectivity index (χ1) is 8.28. The molecule has 1 aliphatic carbocycles. The lowest BCUT2D eigenvalue weighted by atomic mass is 10.3. The smallest absolute Gasteiger partial charge is 0.138 e. The van der Waals surface area contributed by atoms with Gasteiger partial charge in [-0.25, -0.2) is 9.97 Å². The van der Waals surface area contributed by atoms with Gasteiger partial charge in [0.1, 0.15) is 16.5 Å². The number of anilines is 1. The molecule has 1 fully saturated rings. The van der Waals surface area contributed by atoms with E-state index < -0.39 is 0 Å². The number of aromatic nitrogens is 2. The van der Waals surface area contributed by atoms with Crippen LogP contribution < -0.4 is 5.32 Å². The minimum absolute atomic E-state index is 0.615. The van der Waals surface area contributed by atoms with Crippen molar-refractivity contribution in [3.05, 3.63) is 16.8 Å². The molecule has 0 saturated heterocycles. The Morgan fingerprint density at radius 2 is 2.24 bits per heavy atom. The molecule has 3 nitrogen and oxygen atoms in total. The van der Waals surface area contributed by atoms with Gasteiger partial charge in [0, 0.05) is 17.3 Å². The van der Waals surface area contributed by atoms with Crippen molar-refractivity contribution in [3.8, 4) is 0 Å². The van der Waals surface area contributed by atoms with Gasteiger partial charge in [0.05, 0.1) is 5.39 Å². The fourth-order valence-corrected chi connectivity index (χ4v) is 2.85. The SMILES string of the molecule is CCCNc1nc(C2CC2)nc2sc(C)cc12. The van der Waals surface area contributed by atoms with Gasteiger partial charge < -0.3 is 5.32 Å². The highest BCUT2D eigenvalue weighted by molar-refractivity contribution is 7.18. The maximum atomic E-state index is 4.70. The monoisotopic (exact) mass is 247 g/mol. The zero-order chi connectivity index (χ0) is 11.8. The molecule has 0 unspecified atom stereocenters. The number of nitrogens with one attached hydrogen (secondary N) is 1. The molecular formula is C13H17N3S. The average molecular weight is 247 g/mol. The normalized spacial score (nSPS) is 15.4. The molecule has 1 saturated carbocycles. The molecule has 2 aromatic rings. The Morgan fingerprint density at radius 1 is 1.41 bits per heavy atom. The number of hydrogen-bond acceptors (Lipinski definition) is 4. The molecular weight excluding hydrogens is 230 g/mol. The summed E-state index contributed by atoms with van der Waals surface area (Å²) in [5.41, 5.74) is 0. The van der Waals surface area contributed by atoms with Gasteiger partial charge in [0.15, 0.2) is 0 Å².